The summed E-state index contributed by atoms with van der Waals surface area (Å²) in [5.74, 6) is -0.265. The predicted molar refractivity (Wildman–Crippen MR) is 126 cm³/mol. The second-order valence-electron chi connectivity index (χ2n) is 8.75. The maximum absolute atomic E-state index is 13.2. The van der Waals surface area contributed by atoms with Crippen LogP contribution >= 0.6 is 11.8 Å². The van der Waals surface area contributed by atoms with Crippen LogP contribution in [0.5, 0.6) is 5.75 Å². The minimum atomic E-state index is -4.81. The van der Waals surface area contributed by atoms with Crippen molar-refractivity contribution in [2.24, 2.45) is 0 Å². The highest BCUT2D eigenvalue weighted by molar-refractivity contribution is 8.26. The zero-order valence-corrected chi connectivity index (χ0v) is 20.8. The average Bonchev–Trinajstić information content (AvgIpc) is 2.87. The van der Waals surface area contributed by atoms with Crippen molar-refractivity contribution in [2.45, 2.75) is 50.2 Å². The number of amides is 1. The van der Waals surface area contributed by atoms with E-state index < -0.39 is 33.7 Å². The van der Waals surface area contributed by atoms with E-state index in [9.17, 15) is 31.1 Å². The van der Waals surface area contributed by atoms with Gasteiger partial charge in [0.1, 0.15) is 12.4 Å². The Morgan fingerprint density at radius 2 is 1.58 bits per heavy atom. The number of rotatable bonds is 5. The third kappa shape index (κ3) is 8.00. The number of carbonyl (C=O) groups is 1. The summed E-state index contributed by atoms with van der Waals surface area (Å²) in [6.07, 6.45) is -7.96. The van der Waals surface area contributed by atoms with Crippen molar-refractivity contribution < 1.29 is 40.6 Å². The van der Waals surface area contributed by atoms with E-state index in [4.69, 9.17) is 25.6 Å². The number of amidine groups is 1. The van der Waals surface area contributed by atoms with E-state index in [0.29, 0.717) is 25.7 Å². The zero-order valence-electron chi connectivity index (χ0n) is 20.0. The van der Waals surface area contributed by atoms with Crippen molar-refractivity contribution in [3.05, 3.63) is 29.3 Å². The maximum Gasteiger partial charge on any atom is 0.439 e. The van der Waals surface area contributed by atoms with Gasteiger partial charge < -0.3 is 19.3 Å². The molecule has 208 valence electrons. The van der Waals surface area contributed by atoms with Crippen molar-refractivity contribution in [2.75, 3.05) is 32.8 Å². The molecule has 38 heavy (non-hydrogen) atoms. The molecule has 0 radical (unpaired) electrons. The topological polar surface area (TPSA) is 114 Å². The van der Waals surface area contributed by atoms with Gasteiger partial charge in [0.2, 0.25) is 5.91 Å². The molecule has 0 unspecified atom stereocenters. The van der Waals surface area contributed by atoms with E-state index in [1.54, 1.807) is 0 Å². The summed E-state index contributed by atoms with van der Waals surface area (Å²) < 4.78 is 88.4. The summed E-state index contributed by atoms with van der Waals surface area (Å²) in [7, 11) is 0. The number of nitrogens with one attached hydrogen (secondary N) is 2. The molecule has 1 aliphatic carbocycles. The molecule has 1 saturated carbocycles. The Morgan fingerprint density at radius 1 is 1.00 bits per heavy atom. The van der Waals surface area contributed by atoms with Crippen LogP contribution in [0.3, 0.4) is 0 Å². The second-order valence-corrected chi connectivity index (χ2v) is 9.75. The molecule has 0 aromatic heterocycles. The van der Waals surface area contributed by atoms with Gasteiger partial charge in [0.05, 0.1) is 29.4 Å². The number of alkyl halides is 6. The predicted octanol–water partition coefficient (Wildman–Crippen LogP) is 4.64. The first-order chi connectivity index (χ1) is 17.8. The molecule has 0 atom stereocenters. The second kappa shape index (κ2) is 12.2. The van der Waals surface area contributed by atoms with Gasteiger partial charge >= 0.3 is 12.4 Å². The first kappa shape index (κ1) is 29.6. The first-order valence-corrected chi connectivity index (χ1v) is 12.4. The Bertz CT molecular complexity index is 1070. The van der Waals surface area contributed by atoms with Crippen LogP contribution in [0.1, 0.15) is 36.8 Å². The quantitative estimate of drug-likeness (QED) is 0.306. The van der Waals surface area contributed by atoms with Crippen LogP contribution in [0.15, 0.2) is 18.2 Å². The number of thioether (sulfide) groups is 1. The molecule has 1 amide bonds. The molecule has 1 aromatic carbocycles. The van der Waals surface area contributed by atoms with Crippen LogP contribution in [0.2, 0.25) is 0 Å². The van der Waals surface area contributed by atoms with Crippen LogP contribution in [-0.2, 0) is 15.7 Å². The molecule has 2 aliphatic rings. The lowest BCUT2D eigenvalue weighted by Crippen LogP contribution is -2.51. The number of piperazine rings is 1. The number of carbonyl (C=O) groups excluding carboxylic acids is 1. The smallest absolute Gasteiger partial charge is 0.439 e. The number of benzene rings is 1. The normalized spacial score (nSPS) is 20.6. The number of hydrogen-bond donors (Lipinski definition) is 2. The number of halogens is 6. The van der Waals surface area contributed by atoms with Crippen LogP contribution in [0, 0.1) is 22.1 Å². The minimum Gasteiger partial charge on any atom is -0.490 e. The van der Waals surface area contributed by atoms with E-state index in [2.05, 4.69) is 0 Å². The van der Waals surface area contributed by atoms with Gasteiger partial charge in [0, 0.05) is 26.2 Å². The Kier molecular flexibility index (Phi) is 9.53. The van der Waals surface area contributed by atoms with Gasteiger partial charge in [0.15, 0.2) is 10.2 Å². The zero-order chi connectivity index (χ0) is 28.1. The highest BCUT2D eigenvalue weighted by Gasteiger charge is 2.37. The van der Waals surface area contributed by atoms with Crippen LogP contribution in [-0.4, -0.2) is 77.1 Å². The molecule has 8 nitrogen and oxygen atoms in total. The monoisotopic (exact) mass is 565 g/mol. The number of hydrogen-bond acceptors (Lipinski definition) is 7. The summed E-state index contributed by atoms with van der Waals surface area (Å²) in [5, 5.41) is 21.7. The summed E-state index contributed by atoms with van der Waals surface area (Å²) in [4.78, 5) is 15.4. The van der Waals surface area contributed by atoms with E-state index in [1.807, 2.05) is 0 Å². The van der Waals surface area contributed by atoms with Gasteiger partial charge in [-0.1, -0.05) is 0 Å². The fourth-order valence-electron chi connectivity index (χ4n) is 4.10. The van der Waals surface area contributed by atoms with Crippen LogP contribution in [0.4, 0.5) is 26.3 Å². The highest BCUT2D eigenvalue weighted by atomic mass is 32.2. The van der Waals surface area contributed by atoms with Crippen molar-refractivity contribution in [3.63, 3.8) is 0 Å². The SMILES string of the molecule is N#Cc1ccc(OC2CCC(OCC(=O)N3CCN(C(=N)SC(=N)C(F)(F)F)CC3)CC2)cc1C(F)(F)F. The first-order valence-electron chi connectivity index (χ1n) is 11.6. The molecule has 2 N–H and O–H groups in total. The minimum absolute atomic E-state index is 0.0219. The molecule has 15 heteroatoms. The summed E-state index contributed by atoms with van der Waals surface area (Å²) in [5.41, 5.74) is -1.53. The standard InChI is InChI=1S/C23H25F6N5O3S/c24-22(25,26)18-11-17(2-1-14(18)12-30)37-16-5-3-15(4-6-16)36-13-19(35)33-7-9-34(10-8-33)21(32)38-20(31)23(27,28)29/h1-2,11,15-16,31-32H,3-10,13H2. The third-order valence-electron chi connectivity index (χ3n) is 6.16. The van der Waals surface area contributed by atoms with Gasteiger partial charge in [0.25, 0.3) is 0 Å². The van der Waals surface area contributed by atoms with E-state index in [0.717, 1.165) is 12.1 Å². The Labute approximate surface area is 218 Å². The molecule has 2 fully saturated rings. The molecule has 1 aliphatic heterocycles. The summed E-state index contributed by atoms with van der Waals surface area (Å²) in [6.45, 7) is 0.546. The largest absolute Gasteiger partial charge is 0.490 e. The molecular formula is C23H25F6N5O3S. The molecule has 1 heterocycles. The van der Waals surface area contributed by atoms with Gasteiger partial charge in [-0.2, -0.15) is 31.6 Å². The Morgan fingerprint density at radius 3 is 2.13 bits per heavy atom. The Balaban J connectivity index is 1.38. The lowest BCUT2D eigenvalue weighted by atomic mass is 9.95. The van der Waals surface area contributed by atoms with E-state index in [-0.39, 0.29) is 68.4 Å². The van der Waals surface area contributed by atoms with Gasteiger partial charge in [-0.05, 0) is 55.6 Å². The summed E-state index contributed by atoms with van der Waals surface area (Å²) >= 11 is 0.0219. The van der Waals surface area contributed by atoms with Gasteiger partial charge in [-0.3, -0.25) is 15.6 Å². The molecule has 3 rings (SSSR count). The fourth-order valence-corrected chi connectivity index (χ4v) is 4.72. The van der Waals surface area contributed by atoms with Gasteiger partial charge in [-0.25, -0.2) is 0 Å². The van der Waals surface area contributed by atoms with Gasteiger partial charge in [-0.15, -0.1) is 0 Å². The van der Waals surface area contributed by atoms with Crippen molar-refractivity contribution in [3.8, 4) is 11.8 Å². The number of nitriles is 1. The lowest BCUT2D eigenvalue weighted by Gasteiger charge is -2.36. The molecule has 1 saturated heterocycles. The highest BCUT2D eigenvalue weighted by Crippen LogP contribution is 2.35. The molecule has 0 bridgehead atoms. The van der Waals surface area contributed by atoms with Crippen LogP contribution < -0.4 is 4.74 Å². The Hall–Kier alpha value is -2.99. The maximum atomic E-state index is 13.2. The molecule has 0 spiro atoms. The van der Waals surface area contributed by atoms with Crippen LogP contribution in [0.25, 0.3) is 0 Å². The lowest BCUT2D eigenvalue weighted by molar-refractivity contribution is -0.140. The number of ether oxygens (including phenoxy) is 2. The number of nitrogens with zero attached hydrogens (tertiary/aromatic N) is 3. The van der Waals surface area contributed by atoms with Crippen molar-refractivity contribution in [1.82, 2.24) is 9.80 Å². The molecule has 1 aromatic rings. The van der Waals surface area contributed by atoms with Crippen molar-refractivity contribution >= 4 is 27.9 Å². The average molecular weight is 566 g/mol. The van der Waals surface area contributed by atoms with E-state index >= 15 is 0 Å². The van der Waals surface area contributed by atoms with Crippen molar-refractivity contribution in [1.29, 1.82) is 16.1 Å². The van der Waals surface area contributed by atoms with E-state index in [1.165, 1.54) is 21.9 Å². The molecular weight excluding hydrogens is 540 g/mol. The summed E-state index contributed by atoms with van der Waals surface area (Å²) in [6, 6.07) is 4.75. The fraction of sp³-hybridized carbons (Fsp3) is 0.565. The third-order valence-corrected chi connectivity index (χ3v) is 7.05.